The Labute approximate surface area is 116 Å². The molecular weight excluding hydrogens is 264 g/mol. The Morgan fingerprint density at radius 3 is 2.63 bits per heavy atom. The molecule has 0 fully saturated rings. The zero-order valence-electron chi connectivity index (χ0n) is 11.5. The van der Waals surface area contributed by atoms with Crippen LogP contribution in [0.15, 0.2) is 11.1 Å². The van der Waals surface area contributed by atoms with Crippen LogP contribution in [0.1, 0.15) is 31.3 Å². The van der Waals surface area contributed by atoms with Crippen molar-refractivity contribution in [2.75, 3.05) is 12.8 Å². The monoisotopic (exact) mass is 282 g/mol. The number of nitrogens with one attached hydrogen (secondary N) is 2. The molecule has 0 aromatic carbocycles. The molecule has 2 N–H and O–H groups in total. The van der Waals surface area contributed by atoms with Crippen molar-refractivity contribution in [3.63, 3.8) is 0 Å². The third-order valence-electron chi connectivity index (χ3n) is 2.20. The number of thioether (sulfide) groups is 1. The van der Waals surface area contributed by atoms with E-state index in [1.54, 1.807) is 0 Å². The highest BCUT2D eigenvalue weighted by atomic mass is 32.2. The number of urea groups is 1. The van der Waals surface area contributed by atoms with Gasteiger partial charge >= 0.3 is 6.03 Å². The Morgan fingerprint density at radius 1 is 1.37 bits per heavy atom. The minimum Gasteiger partial charge on any atom is -0.341 e. The van der Waals surface area contributed by atoms with Crippen molar-refractivity contribution in [2.24, 2.45) is 0 Å². The molecule has 6 nitrogen and oxygen atoms in total. The molecule has 0 spiro atoms. The molecule has 3 amide bonds. The fourth-order valence-electron chi connectivity index (χ4n) is 1.26. The number of rotatable bonds is 4. The van der Waals surface area contributed by atoms with Crippen LogP contribution >= 0.6 is 11.8 Å². The van der Waals surface area contributed by atoms with E-state index in [1.165, 1.54) is 18.8 Å². The van der Waals surface area contributed by atoms with Crippen LogP contribution in [0.4, 0.5) is 4.79 Å². The molecule has 1 aromatic heterocycles. The standard InChI is InChI=1S/C12H18N4O2S/c1-7(2)11-14-8(3)5-10(16-11)19-6-9(17)15-12(18)13-4/h5,7H,6H2,1-4H3,(H2,13,15,17,18). The van der Waals surface area contributed by atoms with Crippen molar-refractivity contribution in [2.45, 2.75) is 31.7 Å². The fraction of sp³-hybridized carbons (Fsp3) is 0.500. The first-order valence-electron chi connectivity index (χ1n) is 5.92. The van der Waals surface area contributed by atoms with E-state index in [0.29, 0.717) is 0 Å². The van der Waals surface area contributed by atoms with Gasteiger partial charge in [0.2, 0.25) is 5.91 Å². The number of imide groups is 1. The van der Waals surface area contributed by atoms with Crippen LogP contribution < -0.4 is 10.6 Å². The number of hydrogen-bond donors (Lipinski definition) is 2. The zero-order chi connectivity index (χ0) is 14.4. The predicted molar refractivity (Wildman–Crippen MR) is 74.2 cm³/mol. The Morgan fingerprint density at radius 2 is 2.05 bits per heavy atom. The van der Waals surface area contributed by atoms with Crippen molar-refractivity contribution >= 4 is 23.7 Å². The number of hydrogen-bond acceptors (Lipinski definition) is 5. The van der Waals surface area contributed by atoms with Gasteiger partial charge in [-0.05, 0) is 13.0 Å². The minimum atomic E-state index is -0.507. The zero-order valence-corrected chi connectivity index (χ0v) is 12.3. The summed E-state index contributed by atoms with van der Waals surface area (Å²) in [5.41, 5.74) is 0.868. The van der Waals surface area contributed by atoms with E-state index in [2.05, 4.69) is 20.6 Å². The SMILES string of the molecule is CNC(=O)NC(=O)CSc1cc(C)nc(C(C)C)n1. The van der Waals surface area contributed by atoms with Crippen LogP contribution in [-0.4, -0.2) is 34.7 Å². The highest BCUT2D eigenvalue weighted by molar-refractivity contribution is 7.99. The summed E-state index contributed by atoms with van der Waals surface area (Å²) in [4.78, 5) is 31.1. The van der Waals surface area contributed by atoms with Crippen molar-refractivity contribution in [3.05, 3.63) is 17.6 Å². The van der Waals surface area contributed by atoms with Gasteiger partial charge in [0, 0.05) is 18.7 Å². The number of carbonyl (C=O) groups is 2. The molecule has 0 saturated carbocycles. The summed E-state index contributed by atoms with van der Waals surface area (Å²) in [6, 6.07) is 1.32. The van der Waals surface area contributed by atoms with Crippen LogP contribution in [0, 0.1) is 6.92 Å². The maximum atomic E-state index is 11.5. The van der Waals surface area contributed by atoms with Crippen LogP contribution in [0.2, 0.25) is 0 Å². The van der Waals surface area contributed by atoms with Crippen molar-refractivity contribution in [1.82, 2.24) is 20.6 Å². The Kier molecular flexibility index (Phi) is 5.75. The minimum absolute atomic E-state index is 0.140. The first-order chi connectivity index (χ1) is 8.92. The van der Waals surface area contributed by atoms with Gasteiger partial charge in [0.05, 0.1) is 5.75 Å². The highest BCUT2D eigenvalue weighted by Crippen LogP contribution is 2.18. The molecule has 0 unspecified atom stereocenters. The van der Waals surface area contributed by atoms with Gasteiger partial charge in [-0.3, -0.25) is 10.1 Å². The lowest BCUT2D eigenvalue weighted by atomic mass is 10.2. The van der Waals surface area contributed by atoms with E-state index in [-0.39, 0.29) is 17.6 Å². The van der Waals surface area contributed by atoms with Gasteiger partial charge < -0.3 is 5.32 Å². The third kappa shape index (κ3) is 5.25. The summed E-state index contributed by atoms with van der Waals surface area (Å²) >= 11 is 1.28. The Bertz CT molecular complexity index is 477. The van der Waals surface area contributed by atoms with Crippen molar-refractivity contribution in [1.29, 1.82) is 0 Å². The van der Waals surface area contributed by atoms with Crippen LogP contribution in [0.5, 0.6) is 0 Å². The second-order valence-electron chi connectivity index (χ2n) is 4.28. The van der Waals surface area contributed by atoms with E-state index >= 15 is 0 Å². The van der Waals surface area contributed by atoms with Crippen molar-refractivity contribution < 1.29 is 9.59 Å². The molecular formula is C12H18N4O2S. The normalized spacial score (nSPS) is 10.4. The molecule has 0 saturated heterocycles. The van der Waals surface area contributed by atoms with E-state index < -0.39 is 6.03 Å². The second kappa shape index (κ2) is 7.08. The van der Waals surface area contributed by atoms with Gasteiger partial charge in [0.15, 0.2) is 0 Å². The van der Waals surface area contributed by atoms with E-state index in [0.717, 1.165) is 16.5 Å². The quantitative estimate of drug-likeness (QED) is 0.645. The number of aryl methyl sites for hydroxylation is 1. The van der Waals surface area contributed by atoms with Crippen molar-refractivity contribution in [3.8, 4) is 0 Å². The van der Waals surface area contributed by atoms with Gasteiger partial charge in [0.25, 0.3) is 0 Å². The molecule has 0 radical (unpaired) electrons. The molecule has 0 atom stereocenters. The summed E-state index contributed by atoms with van der Waals surface area (Å²) in [6.07, 6.45) is 0. The van der Waals surface area contributed by atoms with Gasteiger partial charge in [-0.2, -0.15) is 0 Å². The number of carbonyl (C=O) groups excluding carboxylic acids is 2. The smallest absolute Gasteiger partial charge is 0.321 e. The summed E-state index contributed by atoms with van der Waals surface area (Å²) in [6.45, 7) is 5.92. The summed E-state index contributed by atoms with van der Waals surface area (Å²) in [7, 11) is 1.46. The van der Waals surface area contributed by atoms with Gasteiger partial charge in [0.1, 0.15) is 10.9 Å². The molecule has 0 aliphatic rings. The average Bonchev–Trinajstić information content (AvgIpc) is 2.35. The van der Waals surface area contributed by atoms with E-state index in [4.69, 9.17) is 0 Å². The maximum Gasteiger partial charge on any atom is 0.321 e. The molecule has 0 bridgehead atoms. The Hall–Kier alpha value is -1.63. The molecule has 0 aliphatic heterocycles. The molecule has 19 heavy (non-hydrogen) atoms. The lowest BCUT2D eigenvalue weighted by Crippen LogP contribution is -2.38. The summed E-state index contributed by atoms with van der Waals surface area (Å²) in [5, 5.41) is 5.26. The van der Waals surface area contributed by atoms with Crippen LogP contribution in [0.3, 0.4) is 0 Å². The first kappa shape index (κ1) is 15.4. The van der Waals surface area contributed by atoms with Crippen LogP contribution in [-0.2, 0) is 4.79 Å². The number of nitrogens with zero attached hydrogens (tertiary/aromatic N) is 2. The molecule has 1 aromatic rings. The highest BCUT2D eigenvalue weighted by Gasteiger charge is 2.10. The molecule has 104 valence electrons. The maximum absolute atomic E-state index is 11.5. The number of aromatic nitrogens is 2. The third-order valence-corrected chi connectivity index (χ3v) is 3.11. The lowest BCUT2D eigenvalue weighted by molar-refractivity contribution is -0.117. The molecule has 1 rings (SSSR count). The molecule has 7 heteroatoms. The topological polar surface area (TPSA) is 84.0 Å². The second-order valence-corrected chi connectivity index (χ2v) is 5.27. The van der Waals surface area contributed by atoms with E-state index in [1.807, 2.05) is 26.8 Å². The first-order valence-corrected chi connectivity index (χ1v) is 6.91. The molecule has 0 aliphatic carbocycles. The number of amides is 3. The van der Waals surface area contributed by atoms with Gasteiger partial charge in [-0.1, -0.05) is 25.6 Å². The fourth-order valence-corrected chi connectivity index (χ4v) is 2.02. The summed E-state index contributed by atoms with van der Waals surface area (Å²) in [5.74, 6) is 0.779. The van der Waals surface area contributed by atoms with Crippen LogP contribution in [0.25, 0.3) is 0 Å². The largest absolute Gasteiger partial charge is 0.341 e. The lowest BCUT2D eigenvalue weighted by Gasteiger charge is -2.08. The Balaban J connectivity index is 2.62. The molecule has 1 heterocycles. The van der Waals surface area contributed by atoms with Gasteiger partial charge in [-0.15, -0.1) is 0 Å². The van der Waals surface area contributed by atoms with Gasteiger partial charge in [-0.25, -0.2) is 14.8 Å². The predicted octanol–water partition coefficient (Wildman–Crippen LogP) is 1.46. The summed E-state index contributed by atoms with van der Waals surface area (Å²) < 4.78 is 0. The van der Waals surface area contributed by atoms with E-state index in [9.17, 15) is 9.59 Å². The average molecular weight is 282 g/mol.